The molecule has 1 saturated heterocycles. The SMILES string of the molecule is COc1ccc(N2C(=O)CC(N3CCc4c([nH]c5ccc(F)cc45)C3C)C2=O)c(OC)c1. The third-order valence-corrected chi connectivity index (χ3v) is 6.59. The zero-order valence-electron chi connectivity index (χ0n) is 18.1. The average molecular weight is 437 g/mol. The van der Waals surface area contributed by atoms with Gasteiger partial charge in [0.15, 0.2) is 0 Å². The summed E-state index contributed by atoms with van der Waals surface area (Å²) in [5.41, 5.74) is 3.34. The third-order valence-electron chi connectivity index (χ3n) is 6.59. The number of imide groups is 1. The van der Waals surface area contributed by atoms with Gasteiger partial charge in [0, 0.05) is 35.2 Å². The molecule has 0 saturated carbocycles. The van der Waals surface area contributed by atoms with Crippen LogP contribution in [-0.2, 0) is 16.0 Å². The molecule has 8 heteroatoms. The van der Waals surface area contributed by atoms with E-state index in [0.717, 1.165) is 22.2 Å². The van der Waals surface area contributed by atoms with E-state index < -0.39 is 6.04 Å². The van der Waals surface area contributed by atoms with Gasteiger partial charge in [-0.3, -0.25) is 14.5 Å². The Morgan fingerprint density at radius 2 is 1.91 bits per heavy atom. The molecule has 5 rings (SSSR count). The van der Waals surface area contributed by atoms with Crippen LogP contribution in [0, 0.1) is 5.82 Å². The highest BCUT2D eigenvalue weighted by Crippen LogP contribution is 2.40. The minimum absolute atomic E-state index is 0.0997. The zero-order valence-corrected chi connectivity index (χ0v) is 18.1. The number of hydrogen-bond acceptors (Lipinski definition) is 5. The van der Waals surface area contributed by atoms with Gasteiger partial charge < -0.3 is 14.5 Å². The number of amides is 2. The largest absolute Gasteiger partial charge is 0.497 e. The van der Waals surface area contributed by atoms with Crippen molar-refractivity contribution in [1.29, 1.82) is 0 Å². The van der Waals surface area contributed by atoms with Crippen molar-refractivity contribution >= 4 is 28.4 Å². The molecule has 0 aliphatic carbocycles. The molecule has 2 aromatic carbocycles. The molecular formula is C24H24FN3O4. The van der Waals surface area contributed by atoms with Crippen LogP contribution in [0.1, 0.15) is 30.6 Å². The second-order valence-corrected chi connectivity index (χ2v) is 8.20. The van der Waals surface area contributed by atoms with E-state index in [0.29, 0.717) is 30.2 Å². The summed E-state index contributed by atoms with van der Waals surface area (Å²) in [6, 6.07) is 9.06. The molecule has 1 fully saturated rings. The molecule has 3 aromatic rings. The maximum atomic E-state index is 13.8. The molecule has 2 atom stereocenters. The Kier molecular flexibility index (Phi) is 4.89. The van der Waals surface area contributed by atoms with E-state index in [9.17, 15) is 14.0 Å². The van der Waals surface area contributed by atoms with Gasteiger partial charge in [0.1, 0.15) is 17.3 Å². The molecule has 2 aliphatic heterocycles. The molecule has 0 spiro atoms. The highest BCUT2D eigenvalue weighted by atomic mass is 19.1. The predicted octanol–water partition coefficient (Wildman–Crippen LogP) is 3.58. The number of nitrogens with zero attached hydrogens (tertiary/aromatic N) is 2. The Balaban J connectivity index is 1.46. The van der Waals surface area contributed by atoms with Crippen LogP contribution in [0.4, 0.5) is 10.1 Å². The lowest BCUT2D eigenvalue weighted by atomic mass is 9.96. The lowest BCUT2D eigenvalue weighted by molar-refractivity contribution is -0.123. The number of rotatable bonds is 4. The van der Waals surface area contributed by atoms with Crippen molar-refractivity contribution < 1.29 is 23.5 Å². The summed E-state index contributed by atoms with van der Waals surface area (Å²) < 4.78 is 24.4. The van der Waals surface area contributed by atoms with E-state index in [1.54, 1.807) is 37.4 Å². The number of halogens is 1. The van der Waals surface area contributed by atoms with Crippen LogP contribution in [0.3, 0.4) is 0 Å². The Morgan fingerprint density at radius 1 is 1.09 bits per heavy atom. The Hall–Kier alpha value is -3.39. The van der Waals surface area contributed by atoms with Crippen LogP contribution in [0.5, 0.6) is 11.5 Å². The van der Waals surface area contributed by atoms with Crippen molar-refractivity contribution in [2.24, 2.45) is 0 Å². The predicted molar refractivity (Wildman–Crippen MR) is 118 cm³/mol. The normalized spacial score (nSPS) is 21.3. The molecule has 2 unspecified atom stereocenters. The van der Waals surface area contributed by atoms with E-state index in [2.05, 4.69) is 9.88 Å². The van der Waals surface area contributed by atoms with Crippen molar-refractivity contribution in [3.63, 3.8) is 0 Å². The molecule has 3 heterocycles. The number of hydrogen-bond donors (Lipinski definition) is 1. The van der Waals surface area contributed by atoms with Gasteiger partial charge in [-0.15, -0.1) is 0 Å². The molecule has 2 aliphatic rings. The Labute approximate surface area is 184 Å². The van der Waals surface area contributed by atoms with Crippen LogP contribution >= 0.6 is 0 Å². The van der Waals surface area contributed by atoms with Crippen molar-refractivity contribution in [2.45, 2.75) is 31.8 Å². The third kappa shape index (κ3) is 3.05. The summed E-state index contributed by atoms with van der Waals surface area (Å²) in [6.45, 7) is 2.62. The number of benzene rings is 2. The van der Waals surface area contributed by atoms with Crippen LogP contribution in [-0.4, -0.2) is 48.5 Å². The standard InChI is InChI=1S/C24H24FN3O4/c1-13-23-16(17-10-14(25)4-6-18(17)26-23)8-9-27(13)20-12-22(29)28(24(20)30)19-7-5-15(31-2)11-21(19)32-3/h4-7,10-11,13,20,26H,8-9,12H2,1-3H3. The molecule has 2 amide bonds. The number of carbonyl (C=O) groups is 2. The quantitative estimate of drug-likeness (QED) is 0.632. The Morgan fingerprint density at radius 3 is 2.66 bits per heavy atom. The number of methoxy groups -OCH3 is 2. The van der Waals surface area contributed by atoms with E-state index in [1.807, 2.05) is 6.92 Å². The topological polar surface area (TPSA) is 74.9 Å². The fourth-order valence-corrected chi connectivity index (χ4v) is 4.99. The first kappa shape index (κ1) is 20.5. The minimum Gasteiger partial charge on any atom is -0.497 e. The number of carbonyl (C=O) groups excluding carboxylic acids is 2. The monoisotopic (exact) mass is 437 g/mol. The van der Waals surface area contributed by atoms with Gasteiger partial charge in [-0.05, 0) is 49.2 Å². The molecule has 0 radical (unpaired) electrons. The summed E-state index contributed by atoms with van der Waals surface area (Å²) in [5, 5.41) is 0.880. The lowest BCUT2D eigenvalue weighted by Gasteiger charge is -2.36. The molecular weight excluding hydrogens is 413 g/mol. The fourth-order valence-electron chi connectivity index (χ4n) is 4.99. The first-order valence-corrected chi connectivity index (χ1v) is 10.6. The number of H-pyrrole nitrogens is 1. The second-order valence-electron chi connectivity index (χ2n) is 8.20. The maximum absolute atomic E-state index is 13.8. The van der Waals surface area contributed by atoms with Gasteiger partial charge in [-0.1, -0.05) is 0 Å². The highest BCUT2D eigenvalue weighted by molar-refractivity contribution is 6.23. The van der Waals surface area contributed by atoms with E-state index >= 15 is 0 Å². The number of fused-ring (bicyclic) bond motifs is 3. The van der Waals surface area contributed by atoms with Gasteiger partial charge in [0.2, 0.25) is 5.91 Å². The van der Waals surface area contributed by atoms with Crippen LogP contribution < -0.4 is 14.4 Å². The fraction of sp³-hybridized carbons (Fsp3) is 0.333. The van der Waals surface area contributed by atoms with E-state index in [1.165, 1.54) is 18.1 Å². The average Bonchev–Trinajstić information content (AvgIpc) is 3.30. The summed E-state index contributed by atoms with van der Waals surface area (Å²) in [7, 11) is 3.04. The molecule has 7 nitrogen and oxygen atoms in total. The molecule has 32 heavy (non-hydrogen) atoms. The summed E-state index contributed by atoms with van der Waals surface area (Å²) in [4.78, 5) is 33.0. The molecule has 1 aromatic heterocycles. The minimum atomic E-state index is -0.569. The van der Waals surface area contributed by atoms with Crippen molar-refractivity contribution in [3.8, 4) is 11.5 Å². The summed E-state index contributed by atoms with van der Waals surface area (Å²) in [5.74, 6) is 0.179. The van der Waals surface area contributed by atoms with Crippen molar-refractivity contribution in [1.82, 2.24) is 9.88 Å². The number of aromatic amines is 1. The smallest absolute Gasteiger partial charge is 0.251 e. The highest BCUT2D eigenvalue weighted by Gasteiger charge is 2.46. The first-order chi connectivity index (χ1) is 15.4. The van der Waals surface area contributed by atoms with E-state index in [-0.39, 0.29) is 30.1 Å². The van der Waals surface area contributed by atoms with Crippen molar-refractivity contribution in [2.75, 3.05) is 25.7 Å². The van der Waals surface area contributed by atoms with Crippen LogP contribution in [0.25, 0.3) is 10.9 Å². The van der Waals surface area contributed by atoms with E-state index in [4.69, 9.17) is 9.47 Å². The van der Waals surface area contributed by atoms with Gasteiger partial charge in [-0.2, -0.15) is 0 Å². The second kappa shape index (κ2) is 7.63. The van der Waals surface area contributed by atoms with Gasteiger partial charge >= 0.3 is 0 Å². The number of ether oxygens (including phenoxy) is 2. The first-order valence-electron chi connectivity index (χ1n) is 10.6. The summed E-state index contributed by atoms with van der Waals surface area (Å²) in [6.07, 6.45) is 0.773. The maximum Gasteiger partial charge on any atom is 0.251 e. The van der Waals surface area contributed by atoms with Gasteiger partial charge in [0.05, 0.1) is 32.4 Å². The van der Waals surface area contributed by atoms with Crippen molar-refractivity contribution in [3.05, 3.63) is 53.5 Å². The van der Waals surface area contributed by atoms with Gasteiger partial charge in [0.25, 0.3) is 5.91 Å². The molecule has 1 N–H and O–H groups in total. The number of aromatic nitrogens is 1. The van der Waals surface area contributed by atoms with Crippen LogP contribution in [0.15, 0.2) is 36.4 Å². The Bertz CT molecular complexity index is 1240. The molecule has 166 valence electrons. The summed E-state index contributed by atoms with van der Waals surface area (Å²) >= 11 is 0. The number of nitrogens with one attached hydrogen (secondary N) is 1. The van der Waals surface area contributed by atoms with Crippen LogP contribution in [0.2, 0.25) is 0 Å². The van der Waals surface area contributed by atoms with Gasteiger partial charge in [-0.25, -0.2) is 9.29 Å². The molecule has 0 bridgehead atoms. The zero-order chi connectivity index (χ0) is 22.6. The lowest BCUT2D eigenvalue weighted by Crippen LogP contribution is -2.46. The number of anilines is 1.